The number of alkyl halides is 5. The minimum Gasteiger partial charge on any atom is -0.369 e. The van der Waals surface area contributed by atoms with Gasteiger partial charge in [-0.05, 0) is 37.8 Å². The van der Waals surface area contributed by atoms with E-state index in [2.05, 4.69) is 15.6 Å². The molecule has 220 valence electrons. The number of hydrogen-bond acceptors (Lipinski definition) is 4. The van der Waals surface area contributed by atoms with Gasteiger partial charge >= 0.3 is 6.18 Å². The highest BCUT2D eigenvalue weighted by Gasteiger charge is 2.48. The summed E-state index contributed by atoms with van der Waals surface area (Å²) in [7, 11) is 0. The molecule has 0 aromatic heterocycles. The minimum absolute atomic E-state index is 0.192. The van der Waals surface area contributed by atoms with E-state index in [1.165, 1.54) is 0 Å². The van der Waals surface area contributed by atoms with Crippen LogP contribution in [-0.2, 0) is 14.4 Å². The number of nitrogens with one attached hydrogen (secondary N) is 2. The van der Waals surface area contributed by atoms with Crippen LogP contribution in [0, 0.1) is 24.7 Å². The third kappa shape index (κ3) is 7.41. The van der Waals surface area contributed by atoms with E-state index >= 15 is 0 Å². The lowest BCUT2D eigenvalue weighted by atomic mass is 9.72. The van der Waals surface area contributed by atoms with Crippen LogP contribution < -0.4 is 16.4 Å². The van der Waals surface area contributed by atoms with Crippen LogP contribution in [0.2, 0.25) is 5.02 Å². The summed E-state index contributed by atoms with van der Waals surface area (Å²) in [5.74, 6) is -9.70. The Morgan fingerprint density at radius 3 is 2.46 bits per heavy atom. The molecule has 3 amide bonds. The molecule has 41 heavy (non-hydrogen) atoms. The molecule has 0 saturated heterocycles. The summed E-state index contributed by atoms with van der Waals surface area (Å²) in [6.45, 7) is 1.84. The van der Waals surface area contributed by atoms with Crippen molar-refractivity contribution >= 4 is 40.7 Å². The molecular formula is C28H28ClF5N4O3. The molecule has 2 aromatic rings. The van der Waals surface area contributed by atoms with Crippen molar-refractivity contribution in [2.45, 2.75) is 57.3 Å². The summed E-state index contributed by atoms with van der Waals surface area (Å²) in [5, 5.41) is 5.17. The number of nitrogens with zero attached hydrogens (tertiary/aromatic N) is 1. The topological polar surface area (TPSA) is 114 Å². The molecule has 1 heterocycles. The fourth-order valence-electron chi connectivity index (χ4n) is 5.28. The summed E-state index contributed by atoms with van der Waals surface area (Å²) in [6.07, 6.45) is -9.93. The van der Waals surface area contributed by atoms with Crippen LogP contribution in [0.3, 0.4) is 0 Å². The van der Waals surface area contributed by atoms with E-state index in [1.807, 2.05) is 13.0 Å². The van der Waals surface area contributed by atoms with Crippen LogP contribution in [-0.4, -0.2) is 41.7 Å². The number of aryl methyl sites for hydroxylation is 1. The quantitative estimate of drug-likeness (QED) is 0.337. The van der Waals surface area contributed by atoms with Crippen molar-refractivity contribution < 1.29 is 36.3 Å². The van der Waals surface area contributed by atoms with E-state index in [4.69, 9.17) is 17.3 Å². The van der Waals surface area contributed by atoms with E-state index in [-0.39, 0.29) is 22.8 Å². The highest BCUT2D eigenvalue weighted by atomic mass is 35.5. The standard InChI is InChI=1S/C28H28ClF5N4O3/c1-14-4-2-5-16(10-14)21-18-6-3-7-20(29)22(18)37-26(41)24(36-21)38-25(40)17(8-9-28(32,33)34)19(23(35)39)11-15-12-27(30,31)13-15/h2-7,10,15,17,19,24H,8-9,11-13H2,1H3,(H2,35,39)(H,37,41)(H,38,40)/t17?,19?,24-/m1/s1. The third-order valence-electron chi connectivity index (χ3n) is 7.28. The number of aliphatic imine (C=N–C) groups is 1. The highest BCUT2D eigenvalue weighted by molar-refractivity contribution is 6.36. The molecule has 3 atom stereocenters. The lowest BCUT2D eigenvalue weighted by Crippen LogP contribution is -2.49. The van der Waals surface area contributed by atoms with Crippen LogP contribution in [0.25, 0.3) is 0 Å². The number of carbonyl (C=O) groups excluding carboxylic acids is 3. The first-order valence-corrected chi connectivity index (χ1v) is 13.3. The molecule has 4 N–H and O–H groups in total. The number of benzene rings is 2. The summed E-state index contributed by atoms with van der Waals surface area (Å²) < 4.78 is 66.4. The predicted octanol–water partition coefficient (Wildman–Crippen LogP) is 5.38. The Morgan fingerprint density at radius 1 is 1.17 bits per heavy atom. The zero-order valence-electron chi connectivity index (χ0n) is 21.9. The normalized spacial score (nSPS) is 20.0. The molecular weight excluding hydrogens is 571 g/mol. The zero-order chi connectivity index (χ0) is 30.1. The molecule has 7 nitrogen and oxygen atoms in total. The number of primary amides is 1. The van der Waals surface area contributed by atoms with E-state index in [9.17, 15) is 36.3 Å². The van der Waals surface area contributed by atoms with Crippen molar-refractivity contribution in [3.05, 3.63) is 64.2 Å². The van der Waals surface area contributed by atoms with Gasteiger partial charge in [-0.3, -0.25) is 14.4 Å². The van der Waals surface area contributed by atoms with Gasteiger partial charge in [0.05, 0.1) is 16.4 Å². The Bertz CT molecular complexity index is 1370. The second kappa shape index (κ2) is 11.8. The van der Waals surface area contributed by atoms with Gasteiger partial charge in [0.2, 0.25) is 23.9 Å². The fourth-order valence-corrected chi connectivity index (χ4v) is 5.50. The van der Waals surface area contributed by atoms with Crippen LogP contribution in [0.4, 0.5) is 27.6 Å². The van der Waals surface area contributed by atoms with Crippen LogP contribution in [0.1, 0.15) is 48.8 Å². The van der Waals surface area contributed by atoms with Gasteiger partial charge in [0.25, 0.3) is 5.91 Å². The lowest BCUT2D eigenvalue weighted by molar-refractivity contribution is -0.149. The maximum atomic E-state index is 13.5. The number of nitrogens with two attached hydrogens (primary N) is 1. The number of benzodiazepines with no additional fused rings is 1. The number of carbonyl (C=O) groups is 3. The molecule has 1 saturated carbocycles. The average molecular weight is 599 g/mol. The number of anilines is 1. The lowest BCUT2D eigenvalue weighted by Gasteiger charge is -2.38. The van der Waals surface area contributed by atoms with Gasteiger partial charge in [-0.15, -0.1) is 0 Å². The largest absolute Gasteiger partial charge is 0.389 e. The van der Waals surface area contributed by atoms with Gasteiger partial charge in [-0.1, -0.05) is 47.5 Å². The second-order valence-corrected chi connectivity index (χ2v) is 11.0. The van der Waals surface area contributed by atoms with Crippen molar-refractivity contribution in [1.82, 2.24) is 5.32 Å². The number of amides is 3. The first-order valence-electron chi connectivity index (χ1n) is 12.9. The molecule has 0 bridgehead atoms. The van der Waals surface area contributed by atoms with Crippen LogP contribution in [0.15, 0.2) is 47.5 Å². The number of hydrogen-bond donors (Lipinski definition) is 3. The Morgan fingerprint density at radius 2 is 1.85 bits per heavy atom. The van der Waals surface area contributed by atoms with Crippen molar-refractivity contribution in [1.29, 1.82) is 0 Å². The molecule has 2 aliphatic rings. The number of para-hydroxylation sites is 1. The maximum Gasteiger partial charge on any atom is 0.389 e. The first kappa shape index (κ1) is 30.4. The van der Waals surface area contributed by atoms with E-state index < -0.39 is 79.4 Å². The fraction of sp³-hybridized carbons (Fsp3) is 0.429. The molecule has 4 rings (SSSR count). The second-order valence-electron chi connectivity index (χ2n) is 10.5. The predicted molar refractivity (Wildman–Crippen MR) is 143 cm³/mol. The van der Waals surface area contributed by atoms with Crippen LogP contribution in [0.5, 0.6) is 0 Å². The zero-order valence-corrected chi connectivity index (χ0v) is 22.7. The third-order valence-corrected chi connectivity index (χ3v) is 7.60. The Kier molecular flexibility index (Phi) is 8.72. The summed E-state index contributed by atoms with van der Waals surface area (Å²) in [6, 6.07) is 12.0. The Labute approximate surface area is 237 Å². The summed E-state index contributed by atoms with van der Waals surface area (Å²) >= 11 is 6.35. The number of rotatable bonds is 9. The van der Waals surface area contributed by atoms with Gasteiger partial charge in [0, 0.05) is 42.2 Å². The SMILES string of the molecule is Cc1cccc(C2=N[C@H](NC(=O)C(CCC(F)(F)F)C(CC3CC(F)(F)C3)C(N)=O)C(=O)Nc3c(Cl)cccc32)c1. The summed E-state index contributed by atoms with van der Waals surface area (Å²) in [5.41, 5.74) is 7.88. The first-order chi connectivity index (χ1) is 19.1. The molecule has 1 fully saturated rings. The number of fused-ring (bicyclic) bond motifs is 1. The molecule has 1 aliphatic heterocycles. The van der Waals surface area contributed by atoms with Crippen molar-refractivity contribution in [3.8, 4) is 0 Å². The smallest absolute Gasteiger partial charge is 0.369 e. The van der Waals surface area contributed by atoms with Crippen molar-refractivity contribution in [2.24, 2.45) is 28.5 Å². The average Bonchev–Trinajstić information content (AvgIpc) is 2.98. The van der Waals surface area contributed by atoms with Gasteiger partial charge in [-0.2, -0.15) is 13.2 Å². The molecule has 13 heteroatoms. The van der Waals surface area contributed by atoms with E-state index in [1.54, 1.807) is 36.4 Å². The van der Waals surface area contributed by atoms with Crippen molar-refractivity contribution in [3.63, 3.8) is 0 Å². The Balaban J connectivity index is 1.68. The molecule has 1 aliphatic carbocycles. The summed E-state index contributed by atoms with van der Waals surface area (Å²) in [4.78, 5) is 43.5. The van der Waals surface area contributed by atoms with Gasteiger partial charge in [0.1, 0.15) is 0 Å². The molecule has 0 radical (unpaired) electrons. The van der Waals surface area contributed by atoms with Crippen LogP contribution >= 0.6 is 11.6 Å². The maximum absolute atomic E-state index is 13.5. The molecule has 2 aromatic carbocycles. The van der Waals surface area contributed by atoms with Crippen molar-refractivity contribution in [2.75, 3.05) is 5.32 Å². The van der Waals surface area contributed by atoms with Gasteiger partial charge < -0.3 is 16.4 Å². The minimum atomic E-state index is -4.67. The molecule has 0 spiro atoms. The van der Waals surface area contributed by atoms with Gasteiger partial charge in [0.15, 0.2) is 0 Å². The monoisotopic (exact) mass is 598 g/mol. The van der Waals surface area contributed by atoms with Gasteiger partial charge in [-0.25, -0.2) is 13.8 Å². The van der Waals surface area contributed by atoms with E-state index in [0.29, 0.717) is 11.1 Å². The highest BCUT2D eigenvalue weighted by Crippen LogP contribution is 2.46. The number of halogens is 6. The Hall–Kier alpha value is -3.54. The molecule has 2 unspecified atom stereocenters. The van der Waals surface area contributed by atoms with E-state index in [0.717, 1.165) is 5.56 Å².